The number of halogens is 4. The summed E-state index contributed by atoms with van der Waals surface area (Å²) >= 11 is 0. The molecule has 35 heavy (non-hydrogen) atoms. The van der Waals surface area contributed by atoms with Crippen LogP contribution in [-0.2, 0) is 6.54 Å². The Bertz CT molecular complexity index is 1620. The van der Waals surface area contributed by atoms with Gasteiger partial charge in [-0.3, -0.25) is 5.10 Å². The van der Waals surface area contributed by atoms with Crippen molar-refractivity contribution in [2.45, 2.75) is 6.54 Å². The fraction of sp³-hybridized carbons (Fsp3) is 0.0417. The minimum absolute atomic E-state index is 0.0853. The molecule has 0 radical (unpaired) electrons. The van der Waals surface area contributed by atoms with Crippen molar-refractivity contribution in [3.05, 3.63) is 95.1 Å². The van der Waals surface area contributed by atoms with E-state index in [-0.39, 0.29) is 23.9 Å². The monoisotopic (exact) mass is 475 g/mol. The molecule has 3 heterocycles. The predicted molar refractivity (Wildman–Crippen MR) is 119 cm³/mol. The summed E-state index contributed by atoms with van der Waals surface area (Å²) < 4.78 is 54.4. The molecule has 11 heteroatoms. The third-order valence-corrected chi connectivity index (χ3v) is 4.90. The maximum atomic E-state index is 13.9. The Kier molecular flexibility index (Phi) is 5.76. The molecule has 0 atom stereocenters. The third-order valence-electron chi connectivity index (χ3n) is 4.90. The quantitative estimate of drug-likeness (QED) is 0.228. The molecule has 0 unspecified atom stereocenters. The van der Waals surface area contributed by atoms with Crippen LogP contribution in [0.1, 0.15) is 16.8 Å². The lowest BCUT2D eigenvalue weighted by Gasteiger charge is -2.08. The Labute approximate surface area is 195 Å². The summed E-state index contributed by atoms with van der Waals surface area (Å²) in [4.78, 5) is 16.9. The largest absolute Gasteiger partial charge is 0.350 e. The number of fused-ring (bicyclic) bond motifs is 1. The molecule has 0 fully saturated rings. The van der Waals surface area contributed by atoms with Gasteiger partial charge < -0.3 is 5.32 Å². The molecule has 0 aliphatic rings. The van der Waals surface area contributed by atoms with Crippen LogP contribution in [-0.4, -0.2) is 30.1 Å². The summed E-state index contributed by atoms with van der Waals surface area (Å²) in [6, 6.07) is 9.52. The number of benzene rings is 2. The van der Waals surface area contributed by atoms with Crippen molar-refractivity contribution in [3.63, 3.8) is 0 Å². The third kappa shape index (κ3) is 4.77. The molecule has 0 bridgehead atoms. The molecule has 172 valence electrons. The van der Waals surface area contributed by atoms with Crippen LogP contribution >= 0.6 is 0 Å². The molecular weight excluding hydrogens is 462 g/mol. The van der Waals surface area contributed by atoms with Crippen LogP contribution in [0.3, 0.4) is 0 Å². The van der Waals surface area contributed by atoms with E-state index in [4.69, 9.17) is 0 Å². The van der Waals surface area contributed by atoms with E-state index in [1.54, 1.807) is 30.3 Å². The van der Waals surface area contributed by atoms with E-state index >= 15 is 0 Å². The Morgan fingerprint density at radius 1 is 0.886 bits per heavy atom. The SMILES string of the molecule is Fc1cc(F)c(F)c(CNc2nccc(-c3nccc(C#Cc4ccc5[nH]nc(F)c5c4)n3)n2)c1. The second kappa shape index (κ2) is 9.18. The number of nitrogens with one attached hydrogen (secondary N) is 2. The van der Waals surface area contributed by atoms with Gasteiger partial charge in [0, 0.05) is 36.1 Å². The van der Waals surface area contributed by atoms with Crippen LogP contribution in [0.5, 0.6) is 0 Å². The number of H-pyrrole nitrogens is 1. The van der Waals surface area contributed by atoms with E-state index in [1.807, 2.05) is 0 Å². The van der Waals surface area contributed by atoms with Crippen LogP contribution in [0.25, 0.3) is 22.4 Å². The fourth-order valence-corrected chi connectivity index (χ4v) is 3.23. The fourth-order valence-electron chi connectivity index (χ4n) is 3.23. The summed E-state index contributed by atoms with van der Waals surface area (Å²) in [5.74, 6) is 2.23. The van der Waals surface area contributed by atoms with E-state index < -0.39 is 23.4 Å². The zero-order valence-corrected chi connectivity index (χ0v) is 17.7. The molecule has 0 saturated heterocycles. The van der Waals surface area contributed by atoms with Crippen LogP contribution in [0, 0.1) is 35.2 Å². The van der Waals surface area contributed by atoms with Gasteiger partial charge in [0.15, 0.2) is 17.5 Å². The van der Waals surface area contributed by atoms with Crippen molar-refractivity contribution in [2.24, 2.45) is 0 Å². The Morgan fingerprint density at radius 2 is 1.74 bits per heavy atom. The van der Waals surface area contributed by atoms with Crippen LogP contribution < -0.4 is 5.32 Å². The molecule has 3 aromatic heterocycles. The smallest absolute Gasteiger partial charge is 0.240 e. The average molecular weight is 475 g/mol. The van der Waals surface area contributed by atoms with Crippen LogP contribution in [0.2, 0.25) is 0 Å². The Morgan fingerprint density at radius 3 is 2.63 bits per heavy atom. The minimum atomic E-state index is -1.28. The number of nitrogens with zero attached hydrogens (tertiary/aromatic N) is 5. The zero-order chi connectivity index (χ0) is 24.4. The summed E-state index contributed by atoms with van der Waals surface area (Å²) in [5, 5.41) is 9.16. The average Bonchev–Trinajstić information content (AvgIpc) is 3.24. The number of aromatic nitrogens is 6. The Balaban J connectivity index is 1.36. The second-order valence-corrected chi connectivity index (χ2v) is 7.27. The lowest BCUT2D eigenvalue weighted by molar-refractivity contribution is 0.486. The van der Waals surface area contributed by atoms with Gasteiger partial charge in [0.25, 0.3) is 0 Å². The molecule has 0 spiro atoms. The summed E-state index contributed by atoms with van der Waals surface area (Å²) in [6.07, 6.45) is 2.94. The first-order chi connectivity index (χ1) is 17.0. The van der Waals surface area contributed by atoms with Gasteiger partial charge in [-0.05, 0) is 42.3 Å². The standard InChI is InChI=1S/C24H13F4N7/c25-15-10-14(21(27)18(26)11-15)12-31-24-30-8-6-20(33-24)23-29-7-5-16(32-23)3-1-13-2-4-19-17(9-13)22(28)35-34-19/h2,4-11H,12H2,(H,34,35)(H,30,31,33). The van der Waals surface area contributed by atoms with Crippen molar-refractivity contribution in [2.75, 3.05) is 5.32 Å². The van der Waals surface area contributed by atoms with Gasteiger partial charge >= 0.3 is 0 Å². The molecule has 0 aliphatic carbocycles. The molecule has 7 nitrogen and oxygen atoms in total. The summed E-state index contributed by atoms with van der Waals surface area (Å²) in [7, 11) is 0. The Hall–Kier alpha value is -4.85. The molecule has 0 amide bonds. The molecule has 2 aromatic carbocycles. The van der Waals surface area contributed by atoms with Gasteiger partial charge in [0.2, 0.25) is 11.9 Å². The first-order valence-corrected chi connectivity index (χ1v) is 10.2. The number of anilines is 1. The second-order valence-electron chi connectivity index (χ2n) is 7.27. The van der Waals surface area contributed by atoms with E-state index in [0.717, 1.165) is 6.07 Å². The normalized spacial score (nSPS) is 10.7. The van der Waals surface area contributed by atoms with Gasteiger partial charge in [0.1, 0.15) is 17.2 Å². The molecule has 0 aliphatic heterocycles. The molecule has 0 saturated carbocycles. The van der Waals surface area contributed by atoms with Crippen LogP contribution in [0.15, 0.2) is 54.9 Å². The van der Waals surface area contributed by atoms with E-state index in [1.165, 1.54) is 12.4 Å². The minimum Gasteiger partial charge on any atom is -0.350 e. The highest BCUT2D eigenvalue weighted by Crippen LogP contribution is 2.18. The van der Waals surface area contributed by atoms with Crippen molar-refractivity contribution in [1.29, 1.82) is 0 Å². The van der Waals surface area contributed by atoms with Crippen molar-refractivity contribution in [1.82, 2.24) is 30.1 Å². The van der Waals surface area contributed by atoms with Gasteiger partial charge in [-0.15, -0.1) is 5.10 Å². The van der Waals surface area contributed by atoms with Gasteiger partial charge in [0.05, 0.1) is 10.9 Å². The zero-order valence-electron chi connectivity index (χ0n) is 17.7. The van der Waals surface area contributed by atoms with Gasteiger partial charge in [-0.2, -0.15) is 4.39 Å². The van der Waals surface area contributed by atoms with E-state index in [9.17, 15) is 17.6 Å². The van der Waals surface area contributed by atoms with E-state index in [0.29, 0.717) is 33.9 Å². The predicted octanol–water partition coefficient (Wildman–Crippen LogP) is 4.38. The highest BCUT2D eigenvalue weighted by Gasteiger charge is 2.12. The lowest BCUT2D eigenvalue weighted by Crippen LogP contribution is -2.07. The number of aromatic amines is 1. The molecule has 5 rings (SSSR count). The molecule has 2 N–H and O–H groups in total. The number of hydrogen-bond donors (Lipinski definition) is 2. The molecule has 5 aromatic rings. The summed E-state index contributed by atoms with van der Waals surface area (Å²) in [5.41, 5.74) is 1.67. The maximum absolute atomic E-state index is 13.9. The highest BCUT2D eigenvalue weighted by atomic mass is 19.2. The maximum Gasteiger partial charge on any atom is 0.240 e. The topological polar surface area (TPSA) is 92.3 Å². The van der Waals surface area contributed by atoms with E-state index in [2.05, 4.69) is 47.3 Å². The van der Waals surface area contributed by atoms with Crippen molar-refractivity contribution in [3.8, 4) is 23.4 Å². The molecular formula is C24H13F4N7. The summed E-state index contributed by atoms with van der Waals surface area (Å²) in [6.45, 7) is -0.238. The lowest BCUT2D eigenvalue weighted by atomic mass is 10.1. The number of hydrogen-bond acceptors (Lipinski definition) is 6. The first kappa shape index (κ1) is 22.0. The van der Waals surface area contributed by atoms with Crippen molar-refractivity contribution >= 4 is 16.9 Å². The highest BCUT2D eigenvalue weighted by molar-refractivity contribution is 5.80. The number of rotatable bonds is 4. The first-order valence-electron chi connectivity index (χ1n) is 10.2. The van der Waals surface area contributed by atoms with Gasteiger partial charge in [-0.25, -0.2) is 33.1 Å². The van der Waals surface area contributed by atoms with Crippen LogP contribution in [0.4, 0.5) is 23.5 Å². The van der Waals surface area contributed by atoms with Gasteiger partial charge in [-0.1, -0.05) is 5.92 Å². The van der Waals surface area contributed by atoms with Crippen molar-refractivity contribution < 1.29 is 17.6 Å².